The van der Waals surface area contributed by atoms with Crippen LogP contribution in [-0.2, 0) is 14.3 Å². The molecule has 1 fully saturated rings. The van der Waals surface area contributed by atoms with Crippen LogP contribution in [0.2, 0.25) is 0 Å². The van der Waals surface area contributed by atoms with E-state index in [-0.39, 0.29) is 5.91 Å². The van der Waals surface area contributed by atoms with Crippen LogP contribution in [0, 0.1) is 0 Å². The van der Waals surface area contributed by atoms with Gasteiger partial charge in [0.05, 0.1) is 13.2 Å². The van der Waals surface area contributed by atoms with Crippen LogP contribution in [0.4, 0.5) is 0 Å². The molecule has 5 heteroatoms. The Morgan fingerprint density at radius 3 is 2.75 bits per heavy atom. The van der Waals surface area contributed by atoms with Crippen molar-refractivity contribution < 1.29 is 14.3 Å². The van der Waals surface area contributed by atoms with Gasteiger partial charge in [0.25, 0.3) is 0 Å². The summed E-state index contributed by atoms with van der Waals surface area (Å²) in [5.74, 6) is 0.221. The number of carbonyl (C=O) groups excluding carboxylic acids is 1. The summed E-state index contributed by atoms with van der Waals surface area (Å²) < 4.78 is 9.93. The number of nitrogens with one attached hydrogen (secondary N) is 1. The van der Waals surface area contributed by atoms with Crippen LogP contribution in [0.15, 0.2) is 0 Å². The summed E-state index contributed by atoms with van der Waals surface area (Å²) in [6.45, 7) is 3.66. The van der Waals surface area contributed by atoms with Gasteiger partial charge < -0.3 is 19.7 Å². The molecule has 94 valence electrons. The summed E-state index contributed by atoms with van der Waals surface area (Å²) in [5.41, 5.74) is 0. The van der Waals surface area contributed by atoms with E-state index < -0.39 is 0 Å². The zero-order valence-electron chi connectivity index (χ0n) is 10.2. The fourth-order valence-electron chi connectivity index (χ4n) is 1.86. The van der Waals surface area contributed by atoms with Gasteiger partial charge in [0, 0.05) is 46.3 Å². The van der Waals surface area contributed by atoms with Gasteiger partial charge in [0.1, 0.15) is 0 Å². The largest absolute Gasteiger partial charge is 0.383 e. The van der Waals surface area contributed by atoms with Gasteiger partial charge in [-0.05, 0) is 6.42 Å². The van der Waals surface area contributed by atoms with E-state index in [1.807, 2.05) is 4.90 Å². The maximum Gasteiger partial charge on any atom is 0.224 e. The van der Waals surface area contributed by atoms with Crippen molar-refractivity contribution in [3.8, 4) is 0 Å². The molecule has 0 spiro atoms. The van der Waals surface area contributed by atoms with Gasteiger partial charge in [-0.15, -0.1) is 0 Å². The fourth-order valence-corrected chi connectivity index (χ4v) is 1.86. The minimum atomic E-state index is 0.221. The summed E-state index contributed by atoms with van der Waals surface area (Å²) in [6, 6.07) is 0.307. The zero-order valence-corrected chi connectivity index (χ0v) is 10.2. The topological polar surface area (TPSA) is 50.8 Å². The molecular weight excluding hydrogens is 208 g/mol. The Bertz CT molecular complexity index is 211. The van der Waals surface area contributed by atoms with Crippen molar-refractivity contribution in [2.45, 2.75) is 18.9 Å². The highest BCUT2D eigenvalue weighted by Crippen LogP contribution is 2.11. The fraction of sp³-hybridized carbons (Fsp3) is 0.909. The quantitative estimate of drug-likeness (QED) is 0.619. The smallest absolute Gasteiger partial charge is 0.224 e. The first-order chi connectivity index (χ1) is 7.77. The molecule has 0 aromatic heterocycles. The van der Waals surface area contributed by atoms with Gasteiger partial charge in [-0.1, -0.05) is 0 Å². The highest BCUT2D eigenvalue weighted by molar-refractivity contribution is 5.77. The van der Waals surface area contributed by atoms with Crippen LogP contribution in [0.3, 0.4) is 0 Å². The highest BCUT2D eigenvalue weighted by atomic mass is 16.5. The van der Waals surface area contributed by atoms with Crippen molar-refractivity contribution in [1.29, 1.82) is 0 Å². The Labute approximate surface area is 97.1 Å². The average molecular weight is 230 g/mol. The summed E-state index contributed by atoms with van der Waals surface area (Å²) in [6.07, 6.45) is 1.60. The zero-order chi connectivity index (χ0) is 11.8. The van der Waals surface area contributed by atoms with E-state index in [2.05, 4.69) is 5.32 Å². The lowest BCUT2D eigenvalue weighted by molar-refractivity contribution is -0.134. The van der Waals surface area contributed by atoms with Gasteiger partial charge in [-0.3, -0.25) is 4.79 Å². The van der Waals surface area contributed by atoms with Crippen molar-refractivity contribution in [1.82, 2.24) is 10.2 Å². The third kappa shape index (κ3) is 4.47. The summed E-state index contributed by atoms with van der Waals surface area (Å²) >= 11 is 0. The van der Waals surface area contributed by atoms with E-state index in [1.54, 1.807) is 14.2 Å². The maximum absolute atomic E-state index is 11.7. The number of hydrogen-bond acceptors (Lipinski definition) is 4. The van der Waals surface area contributed by atoms with E-state index >= 15 is 0 Å². The number of likely N-dealkylation sites (tertiary alicyclic amines) is 1. The van der Waals surface area contributed by atoms with E-state index in [1.165, 1.54) is 0 Å². The number of ether oxygens (including phenoxy) is 2. The van der Waals surface area contributed by atoms with Gasteiger partial charge in [-0.25, -0.2) is 0 Å². The normalized spacial score (nSPS) is 21.5. The van der Waals surface area contributed by atoms with E-state index in [0.717, 1.165) is 19.5 Å². The number of rotatable bonds is 7. The third-order valence-electron chi connectivity index (χ3n) is 2.83. The second-order valence-corrected chi connectivity index (χ2v) is 4.01. The molecular formula is C11H22N2O3. The molecule has 1 amide bonds. The Kier molecular flexibility index (Phi) is 6.37. The molecule has 1 saturated heterocycles. The summed E-state index contributed by atoms with van der Waals surface area (Å²) in [5, 5.41) is 3.33. The van der Waals surface area contributed by atoms with Gasteiger partial charge in [-0.2, -0.15) is 0 Å². The van der Waals surface area contributed by atoms with Crippen LogP contribution < -0.4 is 5.32 Å². The number of amides is 1. The van der Waals surface area contributed by atoms with Crippen molar-refractivity contribution in [2.24, 2.45) is 0 Å². The summed E-state index contributed by atoms with van der Waals surface area (Å²) in [4.78, 5) is 13.6. The Hall–Kier alpha value is -0.650. The Morgan fingerprint density at radius 2 is 2.12 bits per heavy atom. The lowest BCUT2D eigenvalue weighted by atomic mass is 10.0. The molecule has 1 unspecified atom stereocenters. The van der Waals surface area contributed by atoms with Crippen LogP contribution in [-0.4, -0.2) is 63.9 Å². The molecule has 1 heterocycles. The molecule has 1 N–H and O–H groups in total. The molecule has 0 bridgehead atoms. The first kappa shape index (κ1) is 13.4. The van der Waals surface area contributed by atoms with Crippen LogP contribution in [0.1, 0.15) is 12.8 Å². The molecule has 0 aromatic carbocycles. The van der Waals surface area contributed by atoms with E-state index in [0.29, 0.717) is 32.2 Å². The Balaban J connectivity index is 2.20. The van der Waals surface area contributed by atoms with Crippen LogP contribution in [0.5, 0.6) is 0 Å². The second-order valence-electron chi connectivity index (χ2n) is 4.01. The molecule has 0 aliphatic carbocycles. The molecule has 16 heavy (non-hydrogen) atoms. The van der Waals surface area contributed by atoms with E-state index in [4.69, 9.17) is 9.47 Å². The number of hydrogen-bond donors (Lipinski definition) is 1. The molecule has 0 radical (unpaired) electrons. The van der Waals surface area contributed by atoms with Crippen molar-refractivity contribution in [3.63, 3.8) is 0 Å². The number of carbonyl (C=O) groups is 1. The van der Waals surface area contributed by atoms with Crippen LogP contribution in [0.25, 0.3) is 0 Å². The second kappa shape index (κ2) is 7.60. The number of piperidine rings is 1. The standard InChI is InChI=1S/C11H22N2O3/c1-15-7-4-12-10-3-5-13(6-8-16-2)11(14)9-10/h10,12H,3-9H2,1-2H3. The molecule has 1 aliphatic heterocycles. The first-order valence-corrected chi connectivity index (χ1v) is 5.77. The summed E-state index contributed by atoms with van der Waals surface area (Å²) in [7, 11) is 3.34. The molecule has 1 aliphatic rings. The predicted octanol–water partition coefficient (Wildman–Crippen LogP) is -0.140. The Morgan fingerprint density at radius 1 is 1.38 bits per heavy atom. The lowest BCUT2D eigenvalue weighted by Crippen LogP contribution is -2.47. The molecule has 0 saturated carbocycles. The first-order valence-electron chi connectivity index (χ1n) is 5.77. The predicted molar refractivity (Wildman–Crippen MR) is 61.4 cm³/mol. The lowest BCUT2D eigenvalue weighted by Gasteiger charge is -2.32. The van der Waals surface area contributed by atoms with Gasteiger partial charge in [0.2, 0.25) is 5.91 Å². The number of methoxy groups -OCH3 is 2. The van der Waals surface area contributed by atoms with Gasteiger partial charge >= 0.3 is 0 Å². The SMILES string of the molecule is COCCNC1CCN(CCOC)C(=O)C1. The third-order valence-corrected chi connectivity index (χ3v) is 2.83. The van der Waals surface area contributed by atoms with Crippen molar-refractivity contribution in [3.05, 3.63) is 0 Å². The van der Waals surface area contributed by atoms with Crippen molar-refractivity contribution >= 4 is 5.91 Å². The monoisotopic (exact) mass is 230 g/mol. The maximum atomic E-state index is 11.7. The minimum Gasteiger partial charge on any atom is -0.383 e. The van der Waals surface area contributed by atoms with Crippen LogP contribution >= 0.6 is 0 Å². The van der Waals surface area contributed by atoms with E-state index in [9.17, 15) is 4.79 Å². The molecule has 1 rings (SSSR count). The number of nitrogens with zero attached hydrogens (tertiary/aromatic N) is 1. The highest BCUT2D eigenvalue weighted by Gasteiger charge is 2.24. The van der Waals surface area contributed by atoms with Crippen molar-refractivity contribution in [2.75, 3.05) is 47.1 Å². The minimum absolute atomic E-state index is 0.221. The van der Waals surface area contributed by atoms with Gasteiger partial charge in [0.15, 0.2) is 0 Å². The average Bonchev–Trinajstić information content (AvgIpc) is 2.28. The molecule has 0 aromatic rings. The molecule has 5 nitrogen and oxygen atoms in total. The molecule has 1 atom stereocenters.